The van der Waals surface area contributed by atoms with Crippen LogP contribution in [0.1, 0.15) is 31.9 Å². The number of carbonyl (C=O) groups is 1. The highest BCUT2D eigenvalue weighted by Gasteiger charge is 2.22. The number of hydrogen-bond donors (Lipinski definition) is 1. The fraction of sp³-hybridized carbons (Fsp3) is 0.381. The lowest BCUT2D eigenvalue weighted by molar-refractivity contribution is -0.119. The lowest BCUT2D eigenvalue weighted by Gasteiger charge is -2.23. The van der Waals surface area contributed by atoms with Crippen molar-refractivity contribution < 1.29 is 14.3 Å². The van der Waals surface area contributed by atoms with Crippen molar-refractivity contribution in [3.05, 3.63) is 46.1 Å². The van der Waals surface area contributed by atoms with Crippen molar-refractivity contribution in [2.45, 2.75) is 31.5 Å². The molecule has 1 atom stereocenters. The van der Waals surface area contributed by atoms with Gasteiger partial charge in [-0.3, -0.25) is 9.20 Å². The van der Waals surface area contributed by atoms with Crippen molar-refractivity contribution in [1.29, 1.82) is 0 Å². The van der Waals surface area contributed by atoms with E-state index in [0.717, 1.165) is 17.7 Å². The molecule has 31 heavy (non-hydrogen) atoms. The molecule has 3 aromatic rings. The standard InChI is InChI=1S/C21H22Cl2N4O3S/c1-12(2)19(13-4-5-16-17(8-13)30-7-3-6-29-16)24-18(28)11-31-21-26-25-20-15(23)9-14(22)10-27(20)21/h4-5,8-10,12,19H,3,6-7,11H2,1-2H3,(H,24,28). The summed E-state index contributed by atoms with van der Waals surface area (Å²) in [6, 6.07) is 7.28. The number of amides is 1. The summed E-state index contributed by atoms with van der Waals surface area (Å²) in [6.07, 6.45) is 2.52. The smallest absolute Gasteiger partial charge is 0.230 e. The first kappa shape index (κ1) is 22.0. The van der Waals surface area contributed by atoms with Gasteiger partial charge in [-0.1, -0.05) is 54.9 Å². The second-order valence-electron chi connectivity index (χ2n) is 7.52. The molecule has 1 amide bonds. The van der Waals surface area contributed by atoms with Crippen LogP contribution < -0.4 is 14.8 Å². The van der Waals surface area contributed by atoms with E-state index in [1.807, 2.05) is 18.2 Å². The molecule has 0 spiro atoms. The number of aromatic nitrogens is 3. The van der Waals surface area contributed by atoms with Gasteiger partial charge in [-0.05, 0) is 29.7 Å². The summed E-state index contributed by atoms with van der Waals surface area (Å²) >= 11 is 13.5. The molecule has 1 aliphatic rings. The summed E-state index contributed by atoms with van der Waals surface area (Å²) < 4.78 is 13.2. The van der Waals surface area contributed by atoms with Gasteiger partial charge in [0.2, 0.25) is 5.91 Å². The maximum absolute atomic E-state index is 12.7. The Morgan fingerprint density at radius 1 is 1.19 bits per heavy atom. The Balaban J connectivity index is 1.46. The maximum Gasteiger partial charge on any atom is 0.230 e. The van der Waals surface area contributed by atoms with Crippen LogP contribution in [0, 0.1) is 5.92 Å². The zero-order valence-corrected chi connectivity index (χ0v) is 19.4. The summed E-state index contributed by atoms with van der Waals surface area (Å²) in [5.74, 6) is 1.71. The zero-order valence-electron chi connectivity index (χ0n) is 17.1. The molecule has 1 aromatic carbocycles. The van der Waals surface area contributed by atoms with Crippen LogP contribution in [-0.2, 0) is 4.79 Å². The fourth-order valence-corrected chi connectivity index (χ4v) is 4.58. The number of ether oxygens (including phenoxy) is 2. The van der Waals surface area contributed by atoms with Gasteiger partial charge in [0.15, 0.2) is 22.3 Å². The Hall–Kier alpha value is -2.16. The highest BCUT2D eigenvalue weighted by atomic mass is 35.5. The molecule has 3 heterocycles. The molecule has 0 aliphatic carbocycles. The van der Waals surface area contributed by atoms with Crippen LogP contribution in [0.3, 0.4) is 0 Å². The number of nitrogens with zero attached hydrogens (tertiary/aromatic N) is 3. The Bertz CT molecular complexity index is 1110. The van der Waals surface area contributed by atoms with E-state index in [-0.39, 0.29) is 23.6 Å². The predicted molar refractivity (Wildman–Crippen MR) is 122 cm³/mol. The van der Waals surface area contributed by atoms with Gasteiger partial charge >= 0.3 is 0 Å². The van der Waals surface area contributed by atoms with Crippen molar-refractivity contribution >= 4 is 46.5 Å². The van der Waals surface area contributed by atoms with Gasteiger partial charge in [-0.2, -0.15) is 0 Å². The van der Waals surface area contributed by atoms with Crippen LogP contribution in [0.2, 0.25) is 10.0 Å². The van der Waals surface area contributed by atoms with Gasteiger partial charge in [0.1, 0.15) is 0 Å². The molecule has 164 valence electrons. The van der Waals surface area contributed by atoms with Gasteiger partial charge in [-0.25, -0.2) is 0 Å². The number of nitrogens with one attached hydrogen (secondary N) is 1. The molecule has 0 radical (unpaired) electrons. The van der Waals surface area contributed by atoms with E-state index in [1.54, 1.807) is 16.7 Å². The number of fused-ring (bicyclic) bond motifs is 2. The third-order valence-electron chi connectivity index (χ3n) is 4.84. The van der Waals surface area contributed by atoms with Crippen LogP contribution in [0.4, 0.5) is 0 Å². The summed E-state index contributed by atoms with van der Waals surface area (Å²) in [6.45, 7) is 5.39. The van der Waals surface area contributed by atoms with Crippen molar-refractivity contribution in [2.24, 2.45) is 5.92 Å². The molecule has 0 fully saturated rings. The van der Waals surface area contributed by atoms with Crippen molar-refractivity contribution in [3.63, 3.8) is 0 Å². The Labute approximate surface area is 194 Å². The third-order valence-corrected chi connectivity index (χ3v) is 6.27. The van der Waals surface area contributed by atoms with E-state index in [0.29, 0.717) is 39.8 Å². The van der Waals surface area contributed by atoms with Crippen LogP contribution in [0.15, 0.2) is 35.6 Å². The van der Waals surface area contributed by atoms with Gasteiger partial charge in [0.05, 0.1) is 35.1 Å². The SMILES string of the molecule is CC(C)C(NC(=O)CSc1nnc2c(Cl)cc(Cl)cn12)c1ccc2c(c1)OCCCO2. The van der Waals surface area contributed by atoms with Crippen LogP contribution in [0.25, 0.3) is 5.65 Å². The quantitative estimate of drug-likeness (QED) is 0.510. The number of rotatable bonds is 6. The predicted octanol–water partition coefficient (Wildman–Crippen LogP) is 4.80. The minimum Gasteiger partial charge on any atom is -0.490 e. The monoisotopic (exact) mass is 480 g/mol. The van der Waals surface area contributed by atoms with E-state index in [4.69, 9.17) is 32.7 Å². The molecule has 1 unspecified atom stereocenters. The van der Waals surface area contributed by atoms with Crippen molar-refractivity contribution in [1.82, 2.24) is 19.9 Å². The van der Waals surface area contributed by atoms with Gasteiger partial charge < -0.3 is 14.8 Å². The van der Waals surface area contributed by atoms with E-state index < -0.39 is 0 Å². The molecule has 0 saturated carbocycles. The van der Waals surface area contributed by atoms with Crippen molar-refractivity contribution in [3.8, 4) is 11.5 Å². The lowest BCUT2D eigenvalue weighted by atomic mass is 9.95. The fourth-order valence-electron chi connectivity index (χ4n) is 3.35. The molecular weight excluding hydrogens is 459 g/mol. The Morgan fingerprint density at radius 3 is 2.74 bits per heavy atom. The molecule has 1 N–H and O–H groups in total. The molecule has 0 saturated heterocycles. The van der Waals surface area contributed by atoms with Crippen LogP contribution in [0.5, 0.6) is 11.5 Å². The summed E-state index contributed by atoms with van der Waals surface area (Å²) in [7, 11) is 0. The first-order valence-corrected chi connectivity index (χ1v) is 11.7. The van der Waals surface area contributed by atoms with Crippen LogP contribution >= 0.6 is 35.0 Å². The number of benzene rings is 1. The average molecular weight is 481 g/mol. The average Bonchev–Trinajstić information content (AvgIpc) is 2.98. The third kappa shape index (κ3) is 5.02. The van der Waals surface area contributed by atoms with E-state index >= 15 is 0 Å². The number of hydrogen-bond acceptors (Lipinski definition) is 6. The van der Waals surface area contributed by atoms with Gasteiger partial charge in [-0.15, -0.1) is 10.2 Å². The van der Waals surface area contributed by atoms with Crippen molar-refractivity contribution in [2.75, 3.05) is 19.0 Å². The maximum atomic E-state index is 12.7. The summed E-state index contributed by atoms with van der Waals surface area (Å²) in [5.41, 5.74) is 1.48. The largest absolute Gasteiger partial charge is 0.490 e. The van der Waals surface area contributed by atoms with Gasteiger partial charge in [0.25, 0.3) is 0 Å². The molecular formula is C21H22Cl2N4O3S. The first-order valence-electron chi connectivity index (χ1n) is 9.94. The molecule has 7 nitrogen and oxygen atoms in total. The highest BCUT2D eigenvalue weighted by molar-refractivity contribution is 7.99. The van der Waals surface area contributed by atoms with Crippen LogP contribution in [-0.4, -0.2) is 39.5 Å². The molecule has 10 heteroatoms. The number of halogens is 2. The minimum absolute atomic E-state index is 0.110. The molecule has 1 aliphatic heterocycles. The summed E-state index contributed by atoms with van der Waals surface area (Å²) in [4.78, 5) is 12.7. The number of pyridine rings is 1. The topological polar surface area (TPSA) is 77.8 Å². The minimum atomic E-state index is -0.163. The second kappa shape index (κ2) is 9.54. The lowest BCUT2D eigenvalue weighted by Crippen LogP contribution is -2.33. The second-order valence-corrected chi connectivity index (χ2v) is 9.30. The number of carbonyl (C=O) groups excluding carboxylic acids is 1. The van der Waals surface area contributed by atoms with E-state index in [1.165, 1.54) is 11.8 Å². The first-order chi connectivity index (χ1) is 14.9. The number of thioether (sulfide) groups is 1. The Morgan fingerprint density at radius 2 is 1.97 bits per heavy atom. The zero-order chi connectivity index (χ0) is 22.0. The highest BCUT2D eigenvalue weighted by Crippen LogP contribution is 2.34. The molecule has 2 aromatic heterocycles. The summed E-state index contributed by atoms with van der Waals surface area (Å²) in [5, 5.41) is 12.7. The molecule has 4 rings (SSSR count). The normalized spacial score (nSPS) is 14.5. The Kier molecular flexibility index (Phi) is 6.79. The van der Waals surface area contributed by atoms with Gasteiger partial charge in [0, 0.05) is 12.6 Å². The molecule has 0 bridgehead atoms. The van der Waals surface area contributed by atoms with E-state index in [2.05, 4.69) is 29.4 Å². The van der Waals surface area contributed by atoms with E-state index in [9.17, 15) is 4.79 Å².